The predicted molar refractivity (Wildman–Crippen MR) is 97.3 cm³/mol. The van der Waals surface area contributed by atoms with Gasteiger partial charge in [-0.25, -0.2) is 4.98 Å². The fraction of sp³-hybridized carbons (Fsp3) is 0.350. The molecule has 0 radical (unpaired) electrons. The smallest absolute Gasteiger partial charge is 0.135 e. The Kier molecular flexibility index (Phi) is 4.32. The van der Waals surface area contributed by atoms with E-state index in [1.165, 1.54) is 0 Å². The summed E-state index contributed by atoms with van der Waals surface area (Å²) in [6, 6.07) is 14.4. The van der Waals surface area contributed by atoms with Crippen molar-refractivity contribution in [2.75, 3.05) is 13.1 Å². The molecule has 0 saturated carbocycles. The first-order valence-corrected chi connectivity index (χ1v) is 8.80. The maximum Gasteiger partial charge on any atom is 0.135 e. The van der Waals surface area contributed by atoms with Crippen LogP contribution in [0.15, 0.2) is 42.5 Å². The Morgan fingerprint density at radius 3 is 2.56 bits per heavy atom. The summed E-state index contributed by atoms with van der Waals surface area (Å²) in [4.78, 5) is 23.3. The summed E-state index contributed by atoms with van der Waals surface area (Å²) in [6.07, 6.45) is 1.30. The Morgan fingerprint density at radius 1 is 0.960 bits per heavy atom. The number of carbonyl (C=O) groups is 1. The molecule has 1 fully saturated rings. The number of carbonyl (C=O) groups excluding carboxylic acids is 1. The molecule has 1 aromatic carbocycles. The highest BCUT2D eigenvalue weighted by Crippen LogP contribution is 2.20. The molecular formula is C20H22N4O. The third-order valence-electron chi connectivity index (χ3n) is 4.78. The molecule has 25 heavy (non-hydrogen) atoms. The first-order valence-electron chi connectivity index (χ1n) is 8.80. The molecule has 1 saturated heterocycles. The van der Waals surface area contributed by atoms with Crippen LogP contribution in [0.5, 0.6) is 0 Å². The molecule has 0 atom stereocenters. The van der Waals surface area contributed by atoms with Crippen molar-refractivity contribution in [3.63, 3.8) is 0 Å². The quantitative estimate of drug-likeness (QED) is 0.736. The molecule has 0 aliphatic carbocycles. The van der Waals surface area contributed by atoms with Crippen LogP contribution in [0.2, 0.25) is 0 Å². The maximum absolute atomic E-state index is 11.5. The van der Waals surface area contributed by atoms with E-state index in [9.17, 15) is 4.79 Å². The fourth-order valence-corrected chi connectivity index (χ4v) is 3.43. The maximum atomic E-state index is 11.5. The van der Waals surface area contributed by atoms with E-state index >= 15 is 0 Å². The lowest BCUT2D eigenvalue weighted by Crippen LogP contribution is -2.34. The largest absolute Gasteiger partial charge is 0.321 e. The minimum absolute atomic E-state index is 0.369. The topological polar surface area (TPSA) is 51.0 Å². The second-order valence-corrected chi connectivity index (χ2v) is 6.69. The number of rotatable bonds is 4. The van der Waals surface area contributed by atoms with Gasteiger partial charge >= 0.3 is 0 Å². The summed E-state index contributed by atoms with van der Waals surface area (Å²) < 4.78 is 2.26. The van der Waals surface area contributed by atoms with E-state index in [2.05, 4.69) is 32.7 Å². The summed E-state index contributed by atoms with van der Waals surface area (Å²) in [5, 5.41) is 0. The van der Waals surface area contributed by atoms with Crippen LogP contribution >= 0.6 is 0 Å². The van der Waals surface area contributed by atoms with Gasteiger partial charge < -0.3 is 4.57 Å². The Hall–Kier alpha value is -2.53. The van der Waals surface area contributed by atoms with Gasteiger partial charge in [0, 0.05) is 31.6 Å². The molecule has 3 heterocycles. The number of fused-ring (bicyclic) bond motifs is 1. The summed E-state index contributed by atoms with van der Waals surface area (Å²) in [7, 11) is 0. The molecule has 4 rings (SSSR count). The number of imidazole rings is 1. The monoisotopic (exact) mass is 334 g/mol. The van der Waals surface area contributed by atoms with Crippen LogP contribution in [0.3, 0.4) is 0 Å². The average molecular weight is 334 g/mol. The third kappa shape index (κ3) is 3.46. The number of aromatic nitrogens is 3. The number of aryl methyl sites for hydroxylation is 1. The second-order valence-electron chi connectivity index (χ2n) is 6.69. The van der Waals surface area contributed by atoms with Crippen molar-refractivity contribution >= 4 is 16.8 Å². The zero-order valence-electron chi connectivity index (χ0n) is 14.5. The van der Waals surface area contributed by atoms with Gasteiger partial charge in [-0.2, -0.15) is 0 Å². The van der Waals surface area contributed by atoms with Gasteiger partial charge in [-0.3, -0.25) is 14.7 Å². The van der Waals surface area contributed by atoms with Gasteiger partial charge in [-0.1, -0.05) is 18.2 Å². The number of pyridine rings is 1. The number of likely N-dealkylation sites (tertiary alicyclic amines) is 1. The van der Waals surface area contributed by atoms with Crippen molar-refractivity contribution in [2.24, 2.45) is 0 Å². The predicted octanol–water partition coefficient (Wildman–Crippen LogP) is 2.95. The molecule has 0 N–H and O–H groups in total. The van der Waals surface area contributed by atoms with Gasteiger partial charge in [0.05, 0.1) is 29.8 Å². The van der Waals surface area contributed by atoms with Crippen LogP contribution in [0.1, 0.15) is 30.1 Å². The number of benzene rings is 1. The lowest BCUT2D eigenvalue weighted by molar-refractivity contribution is -0.121. The molecule has 1 aliphatic rings. The van der Waals surface area contributed by atoms with Crippen molar-refractivity contribution in [3.8, 4) is 0 Å². The molecule has 128 valence electrons. The van der Waals surface area contributed by atoms with Crippen molar-refractivity contribution in [2.45, 2.75) is 32.9 Å². The molecule has 0 spiro atoms. The first-order chi connectivity index (χ1) is 12.2. The number of ketones is 1. The first kappa shape index (κ1) is 16.0. The van der Waals surface area contributed by atoms with Gasteiger partial charge in [-0.05, 0) is 31.2 Å². The summed E-state index contributed by atoms with van der Waals surface area (Å²) >= 11 is 0. The SMILES string of the molecule is Cc1cccc(Cn2c(CN3CCC(=O)CC3)nc3ccccc32)n1. The molecule has 5 nitrogen and oxygen atoms in total. The lowest BCUT2D eigenvalue weighted by atomic mass is 10.1. The molecule has 0 unspecified atom stereocenters. The average Bonchev–Trinajstić information content (AvgIpc) is 2.94. The van der Waals surface area contributed by atoms with E-state index in [-0.39, 0.29) is 0 Å². The summed E-state index contributed by atoms with van der Waals surface area (Å²) in [5.74, 6) is 1.41. The summed E-state index contributed by atoms with van der Waals surface area (Å²) in [5.41, 5.74) is 4.21. The van der Waals surface area contributed by atoms with Crippen molar-refractivity contribution in [1.82, 2.24) is 19.4 Å². The highest BCUT2D eigenvalue weighted by Gasteiger charge is 2.19. The van der Waals surface area contributed by atoms with Crippen LogP contribution in [0.4, 0.5) is 0 Å². The Labute approximate surface area is 147 Å². The molecule has 3 aromatic rings. The number of piperidine rings is 1. The van der Waals surface area contributed by atoms with Crippen molar-refractivity contribution in [1.29, 1.82) is 0 Å². The van der Waals surface area contributed by atoms with Gasteiger partial charge in [0.25, 0.3) is 0 Å². The standard InChI is InChI=1S/C20H22N4O/c1-15-5-4-6-16(21-15)13-24-19-8-3-2-7-18(19)22-20(24)14-23-11-9-17(25)10-12-23/h2-8H,9-14H2,1H3. The normalized spacial score (nSPS) is 15.8. The number of hydrogen-bond donors (Lipinski definition) is 0. The number of Topliss-reactive ketones (excluding diaryl/α,β-unsaturated/α-hetero) is 1. The lowest BCUT2D eigenvalue weighted by Gasteiger charge is -2.25. The van der Waals surface area contributed by atoms with E-state index < -0.39 is 0 Å². The number of nitrogens with zero attached hydrogens (tertiary/aromatic N) is 4. The molecule has 1 aliphatic heterocycles. The Bertz CT molecular complexity index is 905. The minimum atomic E-state index is 0.369. The highest BCUT2D eigenvalue weighted by molar-refractivity contribution is 5.79. The van der Waals surface area contributed by atoms with Crippen LogP contribution in [0.25, 0.3) is 11.0 Å². The molecule has 5 heteroatoms. The fourth-order valence-electron chi connectivity index (χ4n) is 3.43. The second kappa shape index (κ2) is 6.76. The van der Waals surface area contributed by atoms with Crippen molar-refractivity contribution in [3.05, 3.63) is 59.7 Å². The van der Waals surface area contributed by atoms with E-state index in [0.29, 0.717) is 25.2 Å². The third-order valence-corrected chi connectivity index (χ3v) is 4.78. The van der Waals surface area contributed by atoms with E-state index in [0.717, 1.165) is 47.9 Å². The zero-order chi connectivity index (χ0) is 17.2. The molecule has 2 aromatic heterocycles. The zero-order valence-corrected chi connectivity index (χ0v) is 14.5. The Balaban J connectivity index is 1.67. The van der Waals surface area contributed by atoms with Gasteiger partial charge in [0.15, 0.2) is 0 Å². The van der Waals surface area contributed by atoms with Gasteiger partial charge in [-0.15, -0.1) is 0 Å². The van der Waals surface area contributed by atoms with E-state index in [1.807, 2.05) is 31.2 Å². The number of hydrogen-bond acceptors (Lipinski definition) is 4. The van der Waals surface area contributed by atoms with E-state index in [1.54, 1.807) is 0 Å². The van der Waals surface area contributed by atoms with Crippen LogP contribution in [-0.4, -0.2) is 38.3 Å². The van der Waals surface area contributed by atoms with Gasteiger partial charge in [0.1, 0.15) is 11.6 Å². The van der Waals surface area contributed by atoms with Crippen LogP contribution in [0, 0.1) is 6.92 Å². The van der Waals surface area contributed by atoms with E-state index in [4.69, 9.17) is 4.98 Å². The van der Waals surface area contributed by atoms with Crippen LogP contribution in [-0.2, 0) is 17.9 Å². The molecule has 0 bridgehead atoms. The highest BCUT2D eigenvalue weighted by atomic mass is 16.1. The van der Waals surface area contributed by atoms with Crippen LogP contribution < -0.4 is 0 Å². The van der Waals surface area contributed by atoms with Crippen molar-refractivity contribution < 1.29 is 4.79 Å². The van der Waals surface area contributed by atoms with Gasteiger partial charge in [0.2, 0.25) is 0 Å². The summed E-state index contributed by atoms with van der Waals surface area (Å²) in [6.45, 7) is 5.15. The minimum Gasteiger partial charge on any atom is -0.321 e. The molecule has 0 amide bonds. The molecular weight excluding hydrogens is 312 g/mol. The Morgan fingerprint density at radius 2 is 1.76 bits per heavy atom. The number of para-hydroxylation sites is 2.